The normalized spacial score (nSPS) is 20.3. The summed E-state index contributed by atoms with van der Waals surface area (Å²) >= 11 is 0. The highest BCUT2D eigenvalue weighted by Crippen LogP contribution is 2.24. The van der Waals surface area contributed by atoms with Crippen molar-refractivity contribution in [3.05, 3.63) is 12.2 Å². The molecule has 6 unspecified atom stereocenters. The fourth-order valence-corrected chi connectivity index (χ4v) is 8.08. The van der Waals surface area contributed by atoms with Gasteiger partial charge in [0.1, 0.15) is 36.8 Å². The number of carbonyl (C=O) groups is 2. The Bertz CT molecular complexity index is 1150. The lowest BCUT2D eigenvalue weighted by Crippen LogP contribution is -2.60. The summed E-state index contributed by atoms with van der Waals surface area (Å²) in [5.74, 6) is -1.98. The maximum Gasteiger partial charge on any atom is 0.306 e. The number of hydrogen-bond acceptors (Lipinski definition) is 11. The molecular formula is C46H86O12S. The molecule has 0 spiro atoms. The predicted molar refractivity (Wildman–Crippen MR) is 234 cm³/mol. The molecule has 4 N–H and O–H groups in total. The Morgan fingerprint density at radius 3 is 1.47 bits per heavy atom. The molecule has 1 fully saturated rings. The van der Waals surface area contributed by atoms with Gasteiger partial charge in [0.2, 0.25) is 0 Å². The molecule has 12 nitrogen and oxygen atoms in total. The number of aliphatic hydroxyl groups excluding tert-OH is 3. The molecule has 0 saturated carbocycles. The molecule has 0 aromatic carbocycles. The van der Waals surface area contributed by atoms with Gasteiger partial charge in [0.05, 0.1) is 6.61 Å². The third-order valence-electron chi connectivity index (χ3n) is 11.1. The van der Waals surface area contributed by atoms with Gasteiger partial charge in [0.15, 0.2) is 12.4 Å². The van der Waals surface area contributed by atoms with Crippen molar-refractivity contribution in [2.75, 3.05) is 19.0 Å². The molecule has 0 amide bonds. The summed E-state index contributed by atoms with van der Waals surface area (Å²) in [5, 5.41) is 30.8. The van der Waals surface area contributed by atoms with Crippen LogP contribution in [0.2, 0.25) is 0 Å². The van der Waals surface area contributed by atoms with Crippen LogP contribution in [0.4, 0.5) is 0 Å². The van der Waals surface area contributed by atoms with Gasteiger partial charge in [-0.2, -0.15) is 8.42 Å². The van der Waals surface area contributed by atoms with Crippen LogP contribution < -0.4 is 0 Å². The molecule has 1 saturated heterocycles. The van der Waals surface area contributed by atoms with Gasteiger partial charge in [0, 0.05) is 12.8 Å². The first-order valence-corrected chi connectivity index (χ1v) is 25.4. The lowest BCUT2D eigenvalue weighted by Gasteiger charge is -2.40. The molecule has 0 bridgehead atoms. The second kappa shape index (κ2) is 37.0. The van der Waals surface area contributed by atoms with Crippen molar-refractivity contribution in [2.24, 2.45) is 0 Å². The van der Waals surface area contributed by atoms with Crippen LogP contribution in [0.3, 0.4) is 0 Å². The van der Waals surface area contributed by atoms with Crippen molar-refractivity contribution in [2.45, 2.75) is 250 Å². The molecule has 1 aliphatic heterocycles. The van der Waals surface area contributed by atoms with E-state index in [4.69, 9.17) is 18.9 Å². The second-order valence-electron chi connectivity index (χ2n) is 16.8. The van der Waals surface area contributed by atoms with Gasteiger partial charge in [-0.25, -0.2) is 0 Å². The Balaban J connectivity index is 2.33. The first kappa shape index (κ1) is 55.4. The Labute approximate surface area is 358 Å². The number of rotatable bonds is 40. The van der Waals surface area contributed by atoms with E-state index in [-0.39, 0.29) is 19.4 Å². The smallest absolute Gasteiger partial charge is 0.306 e. The molecule has 13 heteroatoms. The van der Waals surface area contributed by atoms with E-state index in [1.807, 2.05) is 0 Å². The fraction of sp³-hybridized carbons (Fsp3) is 0.913. The van der Waals surface area contributed by atoms with Crippen LogP contribution in [-0.2, 0) is 38.7 Å². The Morgan fingerprint density at radius 2 is 1.00 bits per heavy atom. The zero-order chi connectivity index (χ0) is 43.4. The highest BCUT2D eigenvalue weighted by molar-refractivity contribution is 7.85. The highest BCUT2D eigenvalue weighted by atomic mass is 32.2. The quantitative estimate of drug-likeness (QED) is 0.0198. The first-order chi connectivity index (χ1) is 28.5. The van der Waals surface area contributed by atoms with E-state index in [2.05, 4.69) is 26.0 Å². The van der Waals surface area contributed by atoms with E-state index in [0.717, 1.165) is 64.2 Å². The van der Waals surface area contributed by atoms with Gasteiger partial charge in [-0.15, -0.1) is 0 Å². The van der Waals surface area contributed by atoms with Crippen molar-refractivity contribution < 1.29 is 56.8 Å². The molecule has 6 atom stereocenters. The minimum atomic E-state index is -4.60. The van der Waals surface area contributed by atoms with Gasteiger partial charge >= 0.3 is 11.9 Å². The van der Waals surface area contributed by atoms with Crippen LogP contribution in [0.1, 0.15) is 213 Å². The first-order valence-electron chi connectivity index (χ1n) is 23.7. The van der Waals surface area contributed by atoms with Gasteiger partial charge < -0.3 is 34.3 Å². The maximum absolute atomic E-state index is 12.8. The lowest BCUT2D eigenvalue weighted by atomic mass is 10.00. The SMILES string of the molecule is CCC/C=C\CCCCCCCC(=O)OC(COC(=O)CCCCCCCCCCCCCCCCCCCCCCC)COC1OC(CS(=O)(=O)O)C(O)C(O)C1O. The highest BCUT2D eigenvalue weighted by Gasteiger charge is 2.46. The Kier molecular flexibility index (Phi) is 34.7. The number of allylic oxidation sites excluding steroid dienone is 2. The number of hydrogen-bond donors (Lipinski definition) is 4. The third-order valence-corrected chi connectivity index (χ3v) is 11.8. The summed E-state index contributed by atoms with van der Waals surface area (Å²) < 4.78 is 54.0. The number of unbranched alkanes of at least 4 members (excludes halogenated alkanes) is 26. The van der Waals surface area contributed by atoms with E-state index in [0.29, 0.717) is 12.8 Å². The average molecular weight is 863 g/mol. The van der Waals surface area contributed by atoms with Crippen LogP contribution in [0.5, 0.6) is 0 Å². The number of aliphatic hydroxyl groups is 3. The van der Waals surface area contributed by atoms with Gasteiger partial charge in [-0.05, 0) is 32.1 Å². The minimum Gasteiger partial charge on any atom is -0.462 e. The van der Waals surface area contributed by atoms with Crippen LogP contribution in [0.15, 0.2) is 12.2 Å². The zero-order valence-electron chi connectivity index (χ0n) is 37.1. The summed E-state index contributed by atoms with van der Waals surface area (Å²) in [6.07, 6.45) is 29.9. The van der Waals surface area contributed by atoms with Gasteiger partial charge in [0.25, 0.3) is 10.1 Å². The molecule has 59 heavy (non-hydrogen) atoms. The van der Waals surface area contributed by atoms with Crippen LogP contribution in [0.25, 0.3) is 0 Å². The molecule has 0 aromatic heterocycles. The number of carbonyl (C=O) groups excluding carboxylic acids is 2. The summed E-state index contributed by atoms with van der Waals surface area (Å²) in [5.41, 5.74) is 0. The average Bonchev–Trinajstić information content (AvgIpc) is 3.20. The van der Waals surface area contributed by atoms with E-state index < -0.39 is 71.2 Å². The van der Waals surface area contributed by atoms with E-state index in [9.17, 15) is 37.9 Å². The van der Waals surface area contributed by atoms with E-state index >= 15 is 0 Å². The van der Waals surface area contributed by atoms with Crippen LogP contribution in [0, 0.1) is 0 Å². The van der Waals surface area contributed by atoms with E-state index in [1.54, 1.807) is 0 Å². The standard InChI is InChI=1S/C46H86O12S/c1-3-5-7-9-11-13-15-16-17-18-19-20-21-22-23-24-25-27-28-30-32-34-41(47)55-36-39(57-42(48)35-33-31-29-26-14-12-10-8-6-4-2)37-56-46-45(51)44(50)43(49)40(58-46)38-59(52,53)54/h8,10,39-40,43-46,49-51H,3-7,9,11-38H2,1-2H3,(H,52,53,54)/b10-8-. The molecule has 0 radical (unpaired) electrons. The largest absolute Gasteiger partial charge is 0.462 e. The predicted octanol–water partition coefficient (Wildman–Crippen LogP) is 9.84. The van der Waals surface area contributed by atoms with Crippen LogP contribution >= 0.6 is 0 Å². The Morgan fingerprint density at radius 1 is 0.559 bits per heavy atom. The monoisotopic (exact) mass is 863 g/mol. The number of ether oxygens (including phenoxy) is 4. The molecule has 0 aliphatic carbocycles. The van der Waals surface area contributed by atoms with E-state index in [1.165, 1.54) is 109 Å². The summed E-state index contributed by atoms with van der Waals surface area (Å²) in [4.78, 5) is 25.4. The number of esters is 2. The van der Waals surface area contributed by atoms with Crippen molar-refractivity contribution in [1.29, 1.82) is 0 Å². The minimum absolute atomic E-state index is 0.157. The lowest BCUT2D eigenvalue weighted by molar-refractivity contribution is -0.297. The van der Waals surface area contributed by atoms with Crippen molar-refractivity contribution >= 4 is 22.1 Å². The molecule has 348 valence electrons. The van der Waals surface area contributed by atoms with Gasteiger partial charge in [-0.1, -0.05) is 180 Å². The zero-order valence-corrected chi connectivity index (χ0v) is 37.9. The Hall–Kier alpha value is -1.61. The summed E-state index contributed by atoms with van der Waals surface area (Å²) in [6.45, 7) is 3.70. The molecule has 1 aliphatic rings. The second-order valence-corrected chi connectivity index (χ2v) is 18.3. The van der Waals surface area contributed by atoms with Crippen molar-refractivity contribution in [3.8, 4) is 0 Å². The van der Waals surface area contributed by atoms with Crippen LogP contribution in [-0.4, -0.2) is 96.0 Å². The topological polar surface area (TPSA) is 186 Å². The molecular weight excluding hydrogens is 777 g/mol. The molecule has 1 rings (SSSR count). The third kappa shape index (κ3) is 31.8. The molecule has 1 heterocycles. The summed E-state index contributed by atoms with van der Waals surface area (Å²) in [6, 6.07) is 0. The molecule has 0 aromatic rings. The van der Waals surface area contributed by atoms with Crippen molar-refractivity contribution in [3.63, 3.8) is 0 Å². The summed E-state index contributed by atoms with van der Waals surface area (Å²) in [7, 11) is -4.60. The maximum atomic E-state index is 12.8. The van der Waals surface area contributed by atoms with Crippen molar-refractivity contribution in [1.82, 2.24) is 0 Å². The fourth-order valence-electron chi connectivity index (χ4n) is 7.39. The van der Waals surface area contributed by atoms with Gasteiger partial charge in [-0.3, -0.25) is 14.1 Å².